The molecule has 10 rings (SSSR count). The van der Waals surface area contributed by atoms with Crippen molar-refractivity contribution >= 4 is 38.9 Å². The van der Waals surface area contributed by atoms with Gasteiger partial charge >= 0.3 is 0 Å². The number of benzene rings is 7. The minimum absolute atomic E-state index is 0.200. The molecule has 0 amide bonds. The van der Waals surface area contributed by atoms with Gasteiger partial charge in [-0.1, -0.05) is 158 Å². The van der Waals surface area contributed by atoms with Gasteiger partial charge in [-0.15, -0.1) is 0 Å². The molecule has 2 unspecified atom stereocenters. The van der Waals surface area contributed by atoms with E-state index in [0.717, 1.165) is 62.8 Å². The summed E-state index contributed by atoms with van der Waals surface area (Å²) in [5.74, 6) is 0. The number of fused-ring (bicyclic) bond motifs is 3. The largest absolute Gasteiger partial charge is 0.456 e. The number of anilines is 2. The number of hydrogen-bond donors (Lipinski definition) is 2. The summed E-state index contributed by atoms with van der Waals surface area (Å²) < 4.78 is 6.39. The molecule has 8 aromatic rings. The van der Waals surface area contributed by atoms with E-state index in [1.54, 1.807) is 0 Å². The van der Waals surface area contributed by atoms with Gasteiger partial charge in [0.2, 0.25) is 0 Å². The summed E-state index contributed by atoms with van der Waals surface area (Å²) in [6.45, 7) is 4.68. The zero-order chi connectivity index (χ0) is 39.8. The highest BCUT2D eigenvalue weighted by Crippen LogP contribution is 2.42. The maximum Gasteiger partial charge on any atom is 0.136 e. The maximum absolute atomic E-state index is 6.39. The highest BCUT2D eigenvalue weighted by molar-refractivity contribution is 6.06. The van der Waals surface area contributed by atoms with Crippen molar-refractivity contribution in [3.05, 3.63) is 223 Å². The summed E-state index contributed by atoms with van der Waals surface area (Å²) in [6, 6.07) is 60.6. The van der Waals surface area contributed by atoms with E-state index in [1.165, 1.54) is 39.1 Å². The molecule has 3 heteroatoms. The number of allylic oxidation sites excluding steroid dienone is 6. The van der Waals surface area contributed by atoms with Crippen LogP contribution in [0.25, 0.3) is 60.9 Å². The standard InChI is InChI=1S/C56H46N2O/c1-55(34-31-42(32-35-55)40-16-7-4-8-17-40)58-54-22-11-12-33-56(54,2)46-19-13-18-43(36-46)44-26-30-51(57-47-27-23-41(24-28-47)39-14-5-3-6-15-39)50(37-44)45-25-29-49-48-20-9-10-21-52(48)59-53(49)38-45/h3-32,34,36-38,57-58H,33,35H2,1-2H3. The minimum Gasteiger partial charge on any atom is -0.456 e. The summed E-state index contributed by atoms with van der Waals surface area (Å²) in [5, 5.41) is 10.0. The van der Waals surface area contributed by atoms with Crippen LogP contribution in [0, 0.1) is 0 Å². The van der Waals surface area contributed by atoms with Crippen molar-refractivity contribution < 1.29 is 4.42 Å². The van der Waals surface area contributed by atoms with Crippen LogP contribution < -0.4 is 10.6 Å². The van der Waals surface area contributed by atoms with Gasteiger partial charge in [0.05, 0.1) is 5.54 Å². The molecule has 0 aliphatic heterocycles. The predicted molar refractivity (Wildman–Crippen MR) is 249 cm³/mol. The Bertz CT molecular complexity index is 2950. The Hall–Kier alpha value is -7.10. The van der Waals surface area contributed by atoms with Crippen LogP contribution in [0.1, 0.15) is 37.8 Å². The number of hydrogen-bond acceptors (Lipinski definition) is 3. The molecule has 2 atom stereocenters. The quantitative estimate of drug-likeness (QED) is 0.154. The summed E-state index contributed by atoms with van der Waals surface area (Å²) >= 11 is 0. The second kappa shape index (κ2) is 15.0. The van der Waals surface area contributed by atoms with Gasteiger partial charge < -0.3 is 15.1 Å². The fourth-order valence-electron chi connectivity index (χ4n) is 8.73. The Kier molecular flexibility index (Phi) is 9.22. The first kappa shape index (κ1) is 36.3. The van der Waals surface area contributed by atoms with Gasteiger partial charge in [0, 0.05) is 38.8 Å². The molecule has 0 fully saturated rings. The van der Waals surface area contributed by atoms with Crippen molar-refractivity contribution in [2.75, 3.05) is 5.32 Å². The lowest BCUT2D eigenvalue weighted by atomic mass is 9.73. The summed E-state index contributed by atoms with van der Waals surface area (Å²) in [4.78, 5) is 0. The molecule has 2 aliphatic rings. The molecule has 3 nitrogen and oxygen atoms in total. The van der Waals surface area contributed by atoms with Crippen LogP contribution in [-0.4, -0.2) is 5.54 Å². The smallest absolute Gasteiger partial charge is 0.136 e. The third-order valence-electron chi connectivity index (χ3n) is 12.2. The van der Waals surface area contributed by atoms with E-state index in [4.69, 9.17) is 4.42 Å². The van der Waals surface area contributed by atoms with E-state index in [0.29, 0.717) is 0 Å². The normalized spacial score (nSPS) is 18.7. The lowest BCUT2D eigenvalue weighted by molar-refractivity contribution is 0.416. The molecule has 1 heterocycles. The fourth-order valence-corrected chi connectivity index (χ4v) is 8.73. The number of furan rings is 1. The number of nitrogens with one attached hydrogen (secondary N) is 2. The van der Waals surface area contributed by atoms with E-state index in [1.807, 2.05) is 12.1 Å². The Morgan fingerprint density at radius 3 is 2.02 bits per heavy atom. The van der Waals surface area contributed by atoms with Gasteiger partial charge in [0.1, 0.15) is 11.2 Å². The van der Waals surface area contributed by atoms with E-state index in [9.17, 15) is 0 Å². The molecule has 2 N–H and O–H groups in total. The summed E-state index contributed by atoms with van der Waals surface area (Å²) in [7, 11) is 0. The van der Waals surface area contributed by atoms with Crippen molar-refractivity contribution in [1.29, 1.82) is 0 Å². The van der Waals surface area contributed by atoms with Crippen molar-refractivity contribution in [2.45, 2.75) is 37.6 Å². The monoisotopic (exact) mass is 762 g/mol. The van der Waals surface area contributed by atoms with Gasteiger partial charge in [-0.3, -0.25) is 0 Å². The van der Waals surface area contributed by atoms with Crippen LogP contribution in [-0.2, 0) is 5.41 Å². The molecule has 0 saturated heterocycles. The lowest BCUT2D eigenvalue weighted by Gasteiger charge is -2.41. The van der Waals surface area contributed by atoms with Gasteiger partial charge in [0.15, 0.2) is 0 Å². The molecular weight excluding hydrogens is 717 g/mol. The molecule has 59 heavy (non-hydrogen) atoms. The average Bonchev–Trinajstić information content (AvgIpc) is 3.66. The summed E-state index contributed by atoms with van der Waals surface area (Å²) in [6.07, 6.45) is 15.5. The van der Waals surface area contributed by atoms with Crippen molar-refractivity contribution in [1.82, 2.24) is 5.32 Å². The van der Waals surface area contributed by atoms with Crippen molar-refractivity contribution in [3.8, 4) is 33.4 Å². The van der Waals surface area contributed by atoms with Crippen LogP contribution >= 0.6 is 0 Å². The Balaban J connectivity index is 0.985. The number of para-hydroxylation sites is 1. The van der Waals surface area contributed by atoms with Gasteiger partial charge in [0.25, 0.3) is 0 Å². The maximum atomic E-state index is 6.39. The zero-order valence-electron chi connectivity index (χ0n) is 33.5. The topological polar surface area (TPSA) is 37.2 Å². The van der Waals surface area contributed by atoms with Crippen LogP contribution in [0.3, 0.4) is 0 Å². The fraction of sp³-hybridized carbons (Fsp3) is 0.107. The SMILES string of the molecule is CC1(NC2=CC=CCC2(C)c2cccc(-c3ccc(Nc4ccc(-c5ccccc5)cc4)c(-c4ccc5c(c4)oc4ccccc45)c3)c2)C=CC(c2ccccc2)=CC1. The van der Waals surface area contributed by atoms with E-state index in [-0.39, 0.29) is 11.0 Å². The molecule has 0 radical (unpaired) electrons. The average molecular weight is 763 g/mol. The number of rotatable bonds is 9. The first-order valence-electron chi connectivity index (χ1n) is 20.6. The minimum atomic E-state index is -0.229. The third kappa shape index (κ3) is 7.10. The first-order chi connectivity index (χ1) is 28.9. The second-order valence-electron chi connectivity index (χ2n) is 16.4. The predicted octanol–water partition coefficient (Wildman–Crippen LogP) is 14.8. The molecule has 1 aromatic heterocycles. The molecule has 2 aliphatic carbocycles. The van der Waals surface area contributed by atoms with E-state index in [2.05, 4.69) is 219 Å². The van der Waals surface area contributed by atoms with Crippen molar-refractivity contribution in [3.63, 3.8) is 0 Å². The Morgan fingerprint density at radius 2 is 1.22 bits per heavy atom. The third-order valence-corrected chi connectivity index (χ3v) is 12.2. The highest BCUT2D eigenvalue weighted by atomic mass is 16.3. The van der Waals surface area contributed by atoms with E-state index >= 15 is 0 Å². The molecular formula is C56H46N2O. The van der Waals surface area contributed by atoms with Crippen LogP contribution in [0.2, 0.25) is 0 Å². The van der Waals surface area contributed by atoms with Gasteiger partial charge in [-0.25, -0.2) is 0 Å². The van der Waals surface area contributed by atoms with Crippen LogP contribution in [0.5, 0.6) is 0 Å². The first-order valence-corrected chi connectivity index (χ1v) is 20.6. The molecule has 0 saturated carbocycles. The summed E-state index contributed by atoms with van der Waals surface area (Å²) in [5.41, 5.74) is 15.4. The van der Waals surface area contributed by atoms with Crippen LogP contribution in [0.15, 0.2) is 216 Å². The Morgan fingerprint density at radius 1 is 0.542 bits per heavy atom. The van der Waals surface area contributed by atoms with Crippen LogP contribution in [0.4, 0.5) is 11.4 Å². The molecule has 286 valence electrons. The molecule has 7 aromatic carbocycles. The second-order valence-corrected chi connectivity index (χ2v) is 16.4. The highest BCUT2D eigenvalue weighted by Gasteiger charge is 2.35. The zero-order valence-corrected chi connectivity index (χ0v) is 33.5. The lowest BCUT2D eigenvalue weighted by Crippen LogP contribution is -2.46. The van der Waals surface area contributed by atoms with E-state index < -0.39 is 0 Å². The molecule has 0 bridgehead atoms. The van der Waals surface area contributed by atoms with Gasteiger partial charge in [-0.2, -0.15) is 0 Å². The van der Waals surface area contributed by atoms with Crippen molar-refractivity contribution in [2.24, 2.45) is 0 Å². The van der Waals surface area contributed by atoms with Gasteiger partial charge in [-0.05, 0) is 120 Å². The Labute approximate surface area is 346 Å². The molecule has 0 spiro atoms.